The lowest BCUT2D eigenvalue weighted by Gasteiger charge is -2.62. The van der Waals surface area contributed by atoms with Crippen LogP contribution in [0.15, 0.2) is 0 Å². The van der Waals surface area contributed by atoms with E-state index in [4.69, 9.17) is 9.47 Å². The van der Waals surface area contributed by atoms with Gasteiger partial charge in [-0.3, -0.25) is 19.2 Å². The normalized spacial score (nSPS) is 45.6. The van der Waals surface area contributed by atoms with Gasteiger partial charge in [-0.05, 0) is 208 Å². The van der Waals surface area contributed by atoms with Crippen molar-refractivity contribution in [2.75, 3.05) is 23.7 Å². The van der Waals surface area contributed by atoms with E-state index in [2.05, 4.69) is 84.0 Å². The molecule has 8 fully saturated rings. The van der Waals surface area contributed by atoms with Crippen LogP contribution in [0, 0.1) is 92.7 Å². The van der Waals surface area contributed by atoms with Gasteiger partial charge in [0.15, 0.2) is 0 Å². The zero-order valence-electron chi connectivity index (χ0n) is 41.3. The van der Waals surface area contributed by atoms with Crippen LogP contribution in [0.3, 0.4) is 0 Å². The van der Waals surface area contributed by atoms with Crippen molar-refractivity contribution < 1.29 is 38.9 Å². The lowest BCUT2D eigenvalue weighted by Crippen LogP contribution is -2.59. The molecule has 4 N–H and O–H groups in total. The predicted octanol–water partition coefficient (Wildman–Crippen LogP) is 9.92. The molecule has 0 saturated heterocycles. The standard InChI is InChI=1S/C54H86Br2N2O8/c1-31(39-13-15-41-37-11-9-33-25-35(65-49(63)29-55)19-21-51(33,3)43(37)27-45(59)53(39,41)5)7-17-47(61)57-23-24-58-48(62)18-8-32(2)40-14-16-42-38-12-10-34-26-36(66-50(64)30-56)20-22-52(34,4)44(38)28-46(60)54(40,42)6/h31-46,59-60H,7-30H2,1-6H3,(H,57,61)(H,58,62)/t31-,32-,33?,34?,35-,36-,37+,38+,39-,40-,41+,42+,43+,44+,45+,46+,51+,52+,53-,54-/m1/s1. The number of esters is 2. The minimum Gasteiger partial charge on any atom is -0.462 e. The lowest BCUT2D eigenvalue weighted by molar-refractivity contribution is -0.181. The smallest absolute Gasteiger partial charge is 0.316 e. The molecule has 8 aliphatic carbocycles. The number of hydrogen-bond donors (Lipinski definition) is 4. The van der Waals surface area contributed by atoms with Gasteiger partial charge in [-0.25, -0.2) is 0 Å². The highest BCUT2D eigenvalue weighted by molar-refractivity contribution is 9.09. The molecule has 8 aliphatic rings. The van der Waals surface area contributed by atoms with E-state index < -0.39 is 0 Å². The number of aliphatic hydroxyl groups is 2. The lowest BCUT2D eigenvalue weighted by atomic mass is 9.43. The molecule has 20 atom stereocenters. The molecule has 0 aromatic carbocycles. The van der Waals surface area contributed by atoms with Gasteiger partial charge in [-0.1, -0.05) is 73.4 Å². The molecular formula is C54H86Br2N2O8. The van der Waals surface area contributed by atoms with Crippen LogP contribution in [0.25, 0.3) is 0 Å². The van der Waals surface area contributed by atoms with E-state index >= 15 is 0 Å². The number of carbonyl (C=O) groups is 4. The van der Waals surface area contributed by atoms with E-state index in [-0.39, 0.29) is 80.5 Å². The second kappa shape index (κ2) is 20.5. The Hall–Kier alpha value is -1.24. The summed E-state index contributed by atoms with van der Waals surface area (Å²) in [6.07, 6.45) is 18.7. The van der Waals surface area contributed by atoms with Crippen LogP contribution in [0.4, 0.5) is 0 Å². The Morgan fingerprint density at radius 1 is 0.561 bits per heavy atom. The molecule has 8 rings (SSSR count). The molecule has 0 bridgehead atoms. The first-order chi connectivity index (χ1) is 31.4. The summed E-state index contributed by atoms with van der Waals surface area (Å²) in [6.45, 7) is 15.1. The average molecular weight is 1050 g/mol. The Bertz CT molecular complexity index is 1640. The van der Waals surface area contributed by atoms with Crippen molar-refractivity contribution in [3.63, 3.8) is 0 Å². The predicted molar refractivity (Wildman–Crippen MR) is 263 cm³/mol. The summed E-state index contributed by atoms with van der Waals surface area (Å²) < 4.78 is 11.6. The largest absolute Gasteiger partial charge is 0.462 e. The Kier molecular flexibility index (Phi) is 15.9. The monoisotopic (exact) mass is 1050 g/mol. The highest BCUT2D eigenvalue weighted by atomic mass is 79.9. The number of halogens is 2. The molecule has 2 unspecified atom stereocenters. The van der Waals surface area contributed by atoms with Crippen LogP contribution >= 0.6 is 31.9 Å². The highest BCUT2D eigenvalue weighted by Gasteiger charge is 2.65. The third-order valence-electron chi connectivity index (χ3n) is 22.2. The fraction of sp³-hybridized carbons (Fsp3) is 0.926. The van der Waals surface area contributed by atoms with Crippen LogP contribution in [0.5, 0.6) is 0 Å². The molecule has 8 saturated carbocycles. The zero-order chi connectivity index (χ0) is 47.3. The van der Waals surface area contributed by atoms with Gasteiger partial charge in [-0.15, -0.1) is 0 Å². The summed E-state index contributed by atoms with van der Waals surface area (Å²) in [5, 5.41) is 30.7. The molecule has 2 amide bonds. The Morgan fingerprint density at radius 2 is 0.955 bits per heavy atom. The summed E-state index contributed by atoms with van der Waals surface area (Å²) in [7, 11) is 0. The van der Waals surface area contributed by atoms with Crippen LogP contribution < -0.4 is 10.6 Å². The molecule has 66 heavy (non-hydrogen) atoms. The highest BCUT2D eigenvalue weighted by Crippen LogP contribution is 2.70. The van der Waals surface area contributed by atoms with E-state index in [1.165, 1.54) is 25.7 Å². The van der Waals surface area contributed by atoms with Crippen molar-refractivity contribution in [3.8, 4) is 0 Å². The molecule has 0 aliphatic heterocycles. The molecule has 0 aromatic heterocycles. The second-order valence-electron chi connectivity index (χ2n) is 24.7. The zero-order valence-corrected chi connectivity index (χ0v) is 44.5. The molecule has 10 nitrogen and oxygen atoms in total. The molecular weight excluding hydrogens is 964 g/mol. The van der Waals surface area contributed by atoms with Gasteiger partial charge in [0.1, 0.15) is 22.9 Å². The maximum atomic E-state index is 13.1. The van der Waals surface area contributed by atoms with Gasteiger partial charge in [-0.2, -0.15) is 0 Å². The van der Waals surface area contributed by atoms with E-state index in [0.717, 1.165) is 89.9 Å². The van der Waals surface area contributed by atoms with E-state index in [1.54, 1.807) is 0 Å². The van der Waals surface area contributed by atoms with Crippen LogP contribution in [-0.4, -0.2) is 82.1 Å². The van der Waals surface area contributed by atoms with Gasteiger partial charge in [0, 0.05) is 25.9 Å². The summed E-state index contributed by atoms with van der Waals surface area (Å²) in [5.74, 6) is 5.50. The number of rotatable bonds is 15. The number of fused-ring (bicyclic) bond motifs is 10. The average Bonchev–Trinajstić information content (AvgIpc) is 3.85. The number of alkyl halides is 2. The molecule has 374 valence electrons. The second-order valence-corrected chi connectivity index (χ2v) is 25.8. The fourth-order valence-electron chi connectivity index (χ4n) is 18.6. The first-order valence-corrected chi connectivity index (χ1v) is 29.0. The van der Waals surface area contributed by atoms with Gasteiger partial charge in [0.25, 0.3) is 0 Å². The van der Waals surface area contributed by atoms with Crippen LogP contribution in [0.2, 0.25) is 0 Å². The van der Waals surface area contributed by atoms with Crippen molar-refractivity contribution in [3.05, 3.63) is 0 Å². The van der Waals surface area contributed by atoms with E-state index in [0.29, 0.717) is 96.9 Å². The fourth-order valence-corrected chi connectivity index (χ4v) is 18.9. The maximum Gasteiger partial charge on any atom is 0.316 e. The Balaban J connectivity index is 0.744. The first-order valence-electron chi connectivity index (χ1n) is 26.8. The van der Waals surface area contributed by atoms with Crippen molar-refractivity contribution in [1.29, 1.82) is 0 Å². The molecule has 0 heterocycles. The van der Waals surface area contributed by atoms with Gasteiger partial charge < -0.3 is 30.3 Å². The first kappa shape index (κ1) is 51.1. The maximum absolute atomic E-state index is 13.1. The summed E-state index contributed by atoms with van der Waals surface area (Å²) >= 11 is 6.49. The topological polar surface area (TPSA) is 151 Å². The number of hydrogen-bond acceptors (Lipinski definition) is 8. The number of amides is 2. The van der Waals surface area contributed by atoms with Crippen molar-refractivity contribution in [1.82, 2.24) is 10.6 Å². The number of ether oxygens (including phenoxy) is 2. The Morgan fingerprint density at radius 3 is 1.33 bits per heavy atom. The van der Waals surface area contributed by atoms with Crippen molar-refractivity contribution in [2.24, 2.45) is 92.7 Å². The third kappa shape index (κ3) is 9.38. The molecule has 0 radical (unpaired) electrons. The molecule has 0 aromatic rings. The van der Waals surface area contributed by atoms with Gasteiger partial charge in [0.2, 0.25) is 11.8 Å². The quantitative estimate of drug-likeness (QED) is 0.0720. The van der Waals surface area contributed by atoms with Crippen molar-refractivity contribution in [2.45, 2.75) is 194 Å². The number of nitrogens with one attached hydrogen (secondary N) is 2. The van der Waals surface area contributed by atoms with Gasteiger partial charge in [0.05, 0.1) is 12.2 Å². The SMILES string of the molecule is C[C@H](CCC(=O)NCCNC(=O)CC[C@@H](C)[C@H]1CC[C@H]2[C@@H]3CCC4C[C@H](OC(=O)CBr)CC[C@]4(C)[C@H]3C[C@H](O)[C@]12C)[C@H]1CC[C@H]2[C@@H]3CCC4C[C@H](OC(=O)CBr)CC[C@]4(C)[C@H]3C[C@H](O)[C@]12C. The van der Waals surface area contributed by atoms with Gasteiger partial charge >= 0.3 is 11.9 Å². The summed E-state index contributed by atoms with van der Waals surface area (Å²) in [5.41, 5.74) is 0.0937. The summed E-state index contributed by atoms with van der Waals surface area (Å²) in [4.78, 5) is 50.3. The van der Waals surface area contributed by atoms with Crippen LogP contribution in [-0.2, 0) is 28.7 Å². The van der Waals surface area contributed by atoms with E-state index in [1.807, 2.05) is 0 Å². The minimum atomic E-state index is -0.344. The van der Waals surface area contributed by atoms with Crippen LogP contribution in [0.1, 0.15) is 170 Å². The Labute approximate surface area is 413 Å². The molecule has 0 spiro atoms. The number of carbonyl (C=O) groups excluding carboxylic acids is 4. The van der Waals surface area contributed by atoms with E-state index in [9.17, 15) is 29.4 Å². The minimum absolute atomic E-state index is 0.0142. The molecule has 12 heteroatoms. The third-order valence-corrected chi connectivity index (χ3v) is 23.1. The summed E-state index contributed by atoms with van der Waals surface area (Å²) in [6, 6.07) is 0. The number of aliphatic hydroxyl groups excluding tert-OH is 2. The van der Waals surface area contributed by atoms with Crippen molar-refractivity contribution >= 4 is 55.6 Å².